The molecule has 144 valence electrons. The summed E-state index contributed by atoms with van der Waals surface area (Å²) >= 11 is 1.40. The molecule has 3 aromatic rings. The Kier molecular flexibility index (Phi) is 6.50. The molecule has 0 radical (unpaired) electrons. The summed E-state index contributed by atoms with van der Waals surface area (Å²) in [5, 5.41) is 11.4. The molecule has 0 aliphatic rings. The number of aryl methyl sites for hydroxylation is 1. The van der Waals surface area contributed by atoms with E-state index in [-0.39, 0.29) is 5.57 Å². The van der Waals surface area contributed by atoms with Gasteiger partial charge in [0.2, 0.25) is 0 Å². The van der Waals surface area contributed by atoms with Crippen molar-refractivity contribution in [1.29, 1.82) is 0 Å². The first kappa shape index (κ1) is 19.7. The number of ether oxygens (including phenoxy) is 2. The predicted molar refractivity (Wildman–Crippen MR) is 113 cm³/mol. The standard InChI is InChI=1S/C23H22O4S/c1-16-6-3-9-21(17(16)2)27-12-11-26-19-8-4-7-18(14-19)15-20(23(24)25)22-10-5-13-28-22/h3-10,13-15H,11-12H2,1-2H3,(H,24,25)/b20-15-. The third-order valence-corrected chi connectivity index (χ3v) is 5.25. The van der Waals surface area contributed by atoms with E-state index in [2.05, 4.69) is 13.0 Å². The fourth-order valence-corrected chi connectivity index (χ4v) is 3.46. The second kappa shape index (κ2) is 9.24. The van der Waals surface area contributed by atoms with Crippen molar-refractivity contribution in [3.63, 3.8) is 0 Å². The second-order valence-corrected chi connectivity index (χ2v) is 7.26. The lowest BCUT2D eigenvalue weighted by Crippen LogP contribution is -2.09. The van der Waals surface area contributed by atoms with Gasteiger partial charge in [-0.25, -0.2) is 4.79 Å². The number of carbonyl (C=O) groups is 1. The first-order valence-corrected chi connectivity index (χ1v) is 9.83. The summed E-state index contributed by atoms with van der Waals surface area (Å²) < 4.78 is 11.6. The van der Waals surface area contributed by atoms with Gasteiger partial charge in [0.15, 0.2) is 0 Å². The Hall–Kier alpha value is -3.05. The summed E-state index contributed by atoms with van der Waals surface area (Å²) in [7, 11) is 0. The van der Waals surface area contributed by atoms with Gasteiger partial charge in [-0.1, -0.05) is 30.3 Å². The molecule has 2 aromatic carbocycles. The van der Waals surface area contributed by atoms with Crippen LogP contribution in [0.2, 0.25) is 0 Å². The third-order valence-electron chi connectivity index (χ3n) is 4.35. The Morgan fingerprint density at radius 3 is 2.57 bits per heavy atom. The minimum atomic E-state index is -0.948. The van der Waals surface area contributed by atoms with E-state index in [1.165, 1.54) is 16.9 Å². The number of hydrogen-bond donors (Lipinski definition) is 1. The number of carboxylic acids is 1. The summed E-state index contributed by atoms with van der Waals surface area (Å²) in [6.07, 6.45) is 1.66. The van der Waals surface area contributed by atoms with Crippen LogP contribution in [0.25, 0.3) is 11.6 Å². The van der Waals surface area contributed by atoms with E-state index in [1.807, 2.05) is 54.8 Å². The van der Waals surface area contributed by atoms with E-state index in [4.69, 9.17) is 9.47 Å². The van der Waals surface area contributed by atoms with Gasteiger partial charge in [0.1, 0.15) is 24.7 Å². The Balaban J connectivity index is 1.63. The first-order chi connectivity index (χ1) is 13.5. The molecule has 0 saturated heterocycles. The highest BCUT2D eigenvalue weighted by atomic mass is 32.1. The van der Waals surface area contributed by atoms with Gasteiger partial charge in [-0.2, -0.15) is 0 Å². The summed E-state index contributed by atoms with van der Waals surface area (Å²) in [4.78, 5) is 12.3. The molecule has 1 N–H and O–H groups in total. The second-order valence-electron chi connectivity index (χ2n) is 6.31. The highest BCUT2D eigenvalue weighted by Gasteiger charge is 2.11. The topological polar surface area (TPSA) is 55.8 Å². The lowest BCUT2D eigenvalue weighted by atomic mass is 10.1. The quantitative estimate of drug-likeness (QED) is 0.408. The van der Waals surface area contributed by atoms with E-state index in [0.29, 0.717) is 19.0 Å². The van der Waals surface area contributed by atoms with Crippen LogP contribution in [-0.2, 0) is 4.79 Å². The average Bonchev–Trinajstić information content (AvgIpc) is 3.21. The van der Waals surface area contributed by atoms with Crippen molar-refractivity contribution in [2.75, 3.05) is 13.2 Å². The Morgan fingerprint density at radius 2 is 1.82 bits per heavy atom. The molecule has 1 aromatic heterocycles. The summed E-state index contributed by atoms with van der Waals surface area (Å²) in [6, 6.07) is 17.0. The van der Waals surface area contributed by atoms with Gasteiger partial charge in [0, 0.05) is 4.88 Å². The fraction of sp³-hybridized carbons (Fsp3) is 0.174. The van der Waals surface area contributed by atoms with Crippen molar-refractivity contribution in [2.45, 2.75) is 13.8 Å². The maximum absolute atomic E-state index is 11.6. The Bertz CT molecular complexity index is 974. The minimum Gasteiger partial charge on any atom is -0.490 e. The third kappa shape index (κ3) is 5.02. The van der Waals surface area contributed by atoms with Gasteiger partial charge in [-0.05, 0) is 66.3 Å². The molecule has 0 aliphatic carbocycles. The van der Waals surface area contributed by atoms with Crippen LogP contribution in [0.5, 0.6) is 11.5 Å². The van der Waals surface area contributed by atoms with Crippen LogP contribution in [0.3, 0.4) is 0 Å². The maximum Gasteiger partial charge on any atom is 0.337 e. The molecule has 0 spiro atoms. The van der Waals surface area contributed by atoms with Crippen LogP contribution in [0.15, 0.2) is 60.0 Å². The normalized spacial score (nSPS) is 11.3. The molecule has 28 heavy (non-hydrogen) atoms. The van der Waals surface area contributed by atoms with Crippen LogP contribution >= 0.6 is 11.3 Å². The smallest absolute Gasteiger partial charge is 0.337 e. The van der Waals surface area contributed by atoms with Crippen LogP contribution in [0.4, 0.5) is 0 Å². The number of thiophene rings is 1. The highest BCUT2D eigenvalue weighted by molar-refractivity contribution is 7.11. The molecule has 0 amide bonds. The predicted octanol–water partition coefficient (Wildman–Crippen LogP) is 5.45. The van der Waals surface area contributed by atoms with E-state index >= 15 is 0 Å². The van der Waals surface area contributed by atoms with Gasteiger partial charge < -0.3 is 14.6 Å². The van der Waals surface area contributed by atoms with E-state index < -0.39 is 5.97 Å². The number of benzene rings is 2. The first-order valence-electron chi connectivity index (χ1n) is 8.95. The molecule has 0 unspecified atom stereocenters. The van der Waals surface area contributed by atoms with Gasteiger partial charge in [-0.15, -0.1) is 11.3 Å². The molecular weight excluding hydrogens is 372 g/mol. The molecule has 0 atom stereocenters. The minimum absolute atomic E-state index is 0.269. The SMILES string of the molecule is Cc1cccc(OCCOc2cccc(/C=C(\C(=O)O)c3cccs3)c2)c1C. The van der Waals surface area contributed by atoms with Crippen molar-refractivity contribution in [1.82, 2.24) is 0 Å². The lowest BCUT2D eigenvalue weighted by molar-refractivity contribution is -0.130. The molecule has 4 nitrogen and oxygen atoms in total. The van der Waals surface area contributed by atoms with Crippen molar-refractivity contribution in [2.24, 2.45) is 0 Å². The van der Waals surface area contributed by atoms with Gasteiger partial charge >= 0.3 is 5.97 Å². The number of hydrogen-bond acceptors (Lipinski definition) is 4. The van der Waals surface area contributed by atoms with E-state index in [0.717, 1.165) is 21.8 Å². The number of aliphatic carboxylic acids is 1. The maximum atomic E-state index is 11.6. The largest absolute Gasteiger partial charge is 0.490 e. The van der Waals surface area contributed by atoms with Crippen molar-refractivity contribution >= 4 is 29.0 Å². The zero-order valence-electron chi connectivity index (χ0n) is 15.8. The summed E-state index contributed by atoms with van der Waals surface area (Å²) in [5.41, 5.74) is 3.37. The molecule has 0 fully saturated rings. The fourth-order valence-electron chi connectivity index (χ4n) is 2.72. The van der Waals surface area contributed by atoms with E-state index in [9.17, 15) is 9.90 Å². The zero-order chi connectivity index (χ0) is 19.9. The Labute approximate surface area is 168 Å². The van der Waals surface area contributed by atoms with Crippen LogP contribution in [0.1, 0.15) is 21.6 Å². The summed E-state index contributed by atoms with van der Waals surface area (Å²) in [6.45, 7) is 4.92. The van der Waals surface area contributed by atoms with Crippen LogP contribution in [0, 0.1) is 13.8 Å². The van der Waals surface area contributed by atoms with Gasteiger partial charge in [0.05, 0.1) is 5.57 Å². The molecule has 5 heteroatoms. The summed E-state index contributed by atoms with van der Waals surface area (Å²) in [5.74, 6) is 0.590. The van der Waals surface area contributed by atoms with Gasteiger partial charge in [-0.3, -0.25) is 0 Å². The lowest BCUT2D eigenvalue weighted by Gasteiger charge is -2.12. The zero-order valence-corrected chi connectivity index (χ0v) is 16.7. The van der Waals surface area contributed by atoms with Crippen LogP contribution < -0.4 is 9.47 Å². The Morgan fingerprint density at radius 1 is 1.04 bits per heavy atom. The molecule has 1 heterocycles. The molecular formula is C23H22O4S. The molecule has 3 rings (SSSR count). The van der Waals surface area contributed by atoms with Crippen molar-refractivity contribution < 1.29 is 19.4 Å². The van der Waals surface area contributed by atoms with Crippen LogP contribution in [-0.4, -0.2) is 24.3 Å². The van der Waals surface area contributed by atoms with E-state index in [1.54, 1.807) is 12.1 Å². The monoisotopic (exact) mass is 394 g/mol. The average molecular weight is 394 g/mol. The number of carboxylic acid groups (broad SMARTS) is 1. The van der Waals surface area contributed by atoms with Crippen molar-refractivity contribution in [3.05, 3.63) is 81.5 Å². The van der Waals surface area contributed by atoms with Gasteiger partial charge in [0.25, 0.3) is 0 Å². The number of rotatable bonds is 8. The van der Waals surface area contributed by atoms with Crippen molar-refractivity contribution in [3.8, 4) is 11.5 Å². The highest BCUT2D eigenvalue weighted by Crippen LogP contribution is 2.25. The molecule has 0 aliphatic heterocycles. The molecule has 0 bridgehead atoms. The molecule has 0 saturated carbocycles.